The van der Waals surface area contributed by atoms with Gasteiger partial charge in [0.1, 0.15) is 17.4 Å². The Hall–Kier alpha value is -2.43. The van der Waals surface area contributed by atoms with E-state index in [1.165, 1.54) is 37.4 Å². The molecule has 23 heavy (non-hydrogen) atoms. The number of halogens is 2. The van der Waals surface area contributed by atoms with Gasteiger partial charge >= 0.3 is 0 Å². The SMILES string of the molecule is COc1ccc(F)cc1-c1ccc(C(=O)N2CCCC2)c(F)c1. The van der Waals surface area contributed by atoms with Crippen molar-refractivity contribution in [3.63, 3.8) is 0 Å². The largest absolute Gasteiger partial charge is 0.496 e. The highest BCUT2D eigenvalue weighted by Crippen LogP contribution is 2.32. The fraction of sp³-hybridized carbons (Fsp3) is 0.278. The molecule has 3 nitrogen and oxygen atoms in total. The van der Waals surface area contributed by atoms with Gasteiger partial charge in [0.15, 0.2) is 0 Å². The number of likely N-dealkylation sites (tertiary alicyclic amines) is 1. The molecule has 1 aliphatic heterocycles. The van der Waals surface area contributed by atoms with Crippen molar-refractivity contribution in [2.24, 2.45) is 0 Å². The van der Waals surface area contributed by atoms with E-state index in [9.17, 15) is 13.6 Å². The molecule has 0 aromatic heterocycles. The van der Waals surface area contributed by atoms with Crippen LogP contribution in [0, 0.1) is 11.6 Å². The Balaban J connectivity index is 1.96. The smallest absolute Gasteiger partial charge is 0.256 e. The first-order chi connectivity index (χ1) is 11.1. The first kappa shape index (κ1) is 15.5. The van der Waals surface area contributed by atoms with Gasteiger partial charge in [-0.05, 0) is 48.7 Å². The Kier molecular flexibility index (Phi) is 4.28. The average molecular weight is 317 g/mol. The zero-order chi connectivity index (χ0) is 16.4. The zero-order valence-electron chi connectivity index (χ0n) is 12.8. The molecule has 0 saturated carbocycles. The van der Waals surface area contributed by atoms with E-state index in [1.807, 2.05) is 0 Å². The highest BCUT2D eigenvalue weighted by molar-refractivity contribution is 5.95. The normalized spacial score (nSPS) is 14.1. The molecule has 0 spiro atoms. The van der Waals surface area contributed by atoms with Crippen LogP contribution in [0.15, 0.2) is 36.4 Å². The van der Waals surface area contributed by atoms with Crippen LogP contribution in [0.25, 0.3) is 11.1 Å². The third-order valence-electron chi connectivity index (χ3n) is 4.07. The first-order valence-electron chi connectivity index (χ1n) is 7.53. The van der Waals surface area contributed by atoms with Crippen molar-refractivity contribution in [3.05, 3.63) is 53.6 Å². The second-order valence-electron chi connectivity index (χ2n) is 5.54. The molecule has 120 valence electrons. The van der Waals surface area contributed by atoms with Crippen molar-refractivity contribution in [1.82, 2.24) is 4.90 Å². The Bertz CT molecular complexity index is 740. The molecule has 5 heteroatoms. The van der Waals surface area contributed by atoms with Gasteiger partial charge in [0, 0.05) is 18.7 Å². The van der Waals surface area contributed by atoms with E-state index in [0.29, 0.717) is 30.0 Å². The van der Waals surface area contributed by atoms with Gasteiger partial charge in [-0.25, -0.2) is 8.78 Å². The molecule has 0 aliphatic carbocycles. The van der Waals surface area contributed by atoms with Crippen LogP contribution in [-0.4, -0.2) is 31.0 Å². The summed E-state index contributed by atoms with van der Waals surface area (Å²) in [6.45, 7) is 1.33. The van der Waals surface area contributed by atoms with Gasteiger partial charge in [0.25, 0.3) is 5.91 Å². The van der Waals surface area contributed by atoms with Gasteiger partial charge in [0.05, 0.1) is 12.7 Å². The summed E-state index contributed by atoms with van der Waals surface area (Å²) in [6, 6.07) is 8.38. The average Bonchev–Trinajstić information content (AvgIpc) is 3.08. The molecule has 0 bridgehead atoms. The number of nitrogens with zero attached hydrogens (tertiary/aromatic N) is 1. The lowest BCUT2D eigenvalue weighted by molar-refractivity contribution is 0.0788. The van der Waals surface area contributed by atoms with Crippen LogP contribution < -0.4 is 4.74 Å². The molecule has 2 aromatic rings. The van der Waals surface area contributed by atoms with Gasteiger partial charge in [-0.15, -0.1) is 0 Å². The maximum Gasteiger partial charge on any atom is 0.256 e. The van der Waals surface area contributed by atoms with E-state index < -0.39 is 11.6 Å². The van der Waals surface area contributed by atoms with Crippen LogP contribution in [0.3, 0.4) is 0 Å². The van der Waals surface area contributed by atoms with Crippen molar-refractivity contribution in [1.29, 1.82) is 0 Å². The molecule has 2 aromatic carbocycles. The lowest BCUT2D eigenvalue weighted by atomic mass is 10.0. The molecule has 0 N–H and O–H groups in total. The lowest BCUT2D eigenvalue weighted by Crippen LogP contribution is -2.28. The first-order valence-corrected chi connectivity index (χ1v) is 7.53. The summed E-state index contributed by atoms with van der Waals surface area (Å²) in [5.74, 6) is -0.883. The number of amides is 1. The minimum atomic E-state index is -0.606. The summed E-state index contributed by atoms with van der Waals surface area (Å²) in [7, 11) is 1.47. The number of hydrogen-bond acceptors (Lipinski definition) is 2. The summed E-state index contributed by atoms with van der Waals surface area (Å²) in [4.78, 5) is 13.9. The van der Waals surface area contributed by atoms with Crippen LogP contribution in [-0.2, 0) is 0 Å². The van der Waals surface area contributed by atoms with Crippen LogP contribution >= 0.6 is 0 Å². The molecule has 1 fully saturated rings. The minimum Gasteiger partial charge on any atom is -0.496 e. The monoisotopic (exact) mass is 317 g/mol. The predicted octanol–water partition coefficient (Wildman–Crippen LogP) is 3.88. The third-order valence-corrected chi connectivity index (χ3v) is 4.07. The summed E-state index contributed by atoms with van der Waals surface area (Å²) >= 11 is 0. The predicted molar refractivity (Wildman–Crippen MR) is 83.5 cm³/mol. The number of hydrogen-bond donors (Lipinski definition) is 0. The van der Waals surface area contributed by atoms with Crippen LogP contribution in [0.5, 0.6) is 5.75 Å². The highest BCUT2D eigenvalue weighted by Gasteiger charge is 2.22. The standard InChI is InChI=1S/C18H17F2NO2/c1-23-17-7-5-13(19)11-15(17)12-4-6-14(16(20)10-12)18(22)21-8-2-3-9-21/h4-7,10-11H,2-3,8-9H2,1H3. The van der Waals surface area contributed by atoms with Gasteiger partial charge in [-0.3, -0.25) is 4.79 Å². The van der Waals surface area contributed by atoms with E-state index in [4.69, 9.17) is 4.74 Å². The van der Waals surface area contributed by atoms with Crippen molar-refractivity contribution < 1.29 is 18.3 Å². The van der Waals surface area contributed by atoms with Crippen molar-refractivity contribution in [2.45, 2.75) is 12.8 Å². The number of methoxy groups -OCH3 is 1. The third kappa shape index (κ3) is 3.04. The fourth-order valence-corrected chi connectivity index (χ4v) is 2.85. The number of carbonyl (C=O) groups excluding carboxylic acids is 1. The van der Waals surface area contributed by atoms with E-state index in [1.54, 1.807) is 11.0 Å². The van der Waals surface area contributed by atoms with Gasteiger partial charge in [0.2, 0.25) is 0 Å². The molecule has 3 rings (SSSR count). The summed E-state index contributed by atoms with van der Waals surface area (Å²) in [6.07, 6.45) is 1.90. The van der Waals surface area contributed by atoms with E-state index in [0.717, 1.165) is 12.8 Å². The maximum absolute atomic E-state index is 14.4. The number of ether oxygens (including phenoxy) is 1. The molecule has 0 unspecified atom stereocenters. The van der Waals surface area contributed by atoms with Crippen molar-refractivity contribution in [2.75, 3.05) is 20.2 Å². The van der Waals surface area contributed by atoms with Crippen molar-refractivity contribution in [3.8, 4) is 16.9 Å². The highest BCUT2D eigenvalue weighted by atomic mass is 19.1. The number of benzene rings is 2. The fourth-order valence-electron chi connectivity index (χ4n) is 2.85. The zero-order valence-corrected chi connectivity index (χ0v) is 12.8. The van der Waals surface area contributed by atoms with Gasteiger partial charge < -0.3 is 9.64 Å². The van der Waals surface area contributed by atoms with E-state index in [-0.39, 0.29) is 11.5 Å². The van der Waals surface area contributed by atoms with Gasteiger partial charge in [-0.2, -0.15) is 0 Å². The number of carbonyl (C=O) groups is 1. The molecule has 0 atom stereocenters. The van der Waals surface area contributed by atoms with Gasteiger partial charge in [-0.1, -0.05) is 6.07 Å². The number of rotatable bonds is 3. The van der Waals surface area contributed by atoms with E-state index in [2.05, 4.69) is 0 Å². The molecule has 1 amide bonds. The Morgan fingerprint density at radius 2 is 1.83 bits per heavy atom. The van der Waals surface area contributed by atoms with Crippen LogP contribution in [0.4, 0.5) is 8.78 Å². The molecule has 1 aliphatic rings. The second-order valence-corrected chi connectivity index (χ2v) is 5.54. The summed E-state index contributed by atoms with van der Waals surface area (Å²) < 4.78 is 33.1. The van der Waals surface area contributed by atoms with Crippen molar-refractivity contribution >= 4 is 5.91 Å². The quantitative estimate of drug-likeness (QED) is 0.860. The molecule has 1 heterocycles. The summed E-state index contributed by atoms with van der Waals surface area (Å²) in [5.41, 5.74) is 0.967. The molecule has 0 radical (unpaired) electrons. The Morgan fingerprint density at radius 1 is 1.09 bits per heavy atom. The summed E-state index contributed by atoms with van der Waals surface area (Å²) in [5, 5.41) is 0. The minimum absolute atomic E-state index is 0.0472. The molecule has 1 saturated heterocycles. The Morgan fingerprint density at radius 3 is 2.48 bits per heavy atom. The molecular weight excluding hydrogens is 300 g/mol. The second kappa shape index (κ2) is 6.36. The lowest BCUT2D eigenvalue weighted by Gasteiger charge is -2.16. The van der Waals surface area contributed by atoms with Crippen LogP contribution in [0.2, 0.25) is 0 Å². The Labute approximate surface area is 133 Å². The van der Waals surface area contributed by atoms with Crippen LogP contribution in [0.1, 0.15) is 23.2 Å². The topological polar surface area (TPSA) is 29.5 Å². The maximum atomic E-state index is 14.4. The molecular formula is C18H17F2NO2. The van der Waals surface area contributed by atoms with E-state index >= 15 is 0 Å².